The van der Waals surface area contributed by atoms with Crippen molar-refractivity contribution in [2.75, 3.05) is 32.1 Å². The van der Waals surface area contributed by atoms with E-state index in [1.807, 2.05) is 0 Å². The Morgan fingerprint density at radius 3 is 3.00 bits per heavy atom. The molecule has 4 nitrogen and oxygen atoms in total. The summed E-state index contributed by atoms with van der Waals surface area (Å²) in [6, 6.07) is 0. The molecule has 0 bridgehead atoms. The number of β-amino-alcohol motifs (C(OH)–C–C–N with tert-alkyl or cyclic N) is 1. The lowest BCUT2D eigenvalue weighted by Gasteiger charge is -2.14. The van der Waals surface area contributed by atoms with Crippen molar-refractivity contribution in [2.24, 2.45) is 0 Å². The van der Waals surface area contributed by atoms with Gasteiger partial charge in [0.25, 0.3) is 0 Å². The van der Waals surface area contributed by atoms with E-state index in [1.54, 1.807) is 0 Å². The summed E-state index contributed by atoms with van der Waals surface area (Å²) >= 11 is 5.30. The SMILES string of the molecule is O=C(CCl)NCCN1CC[C@H](O)C1. The van der Waals surface area contributed by atoms with Crippen molar-refractivity contribution >= 4 is 17.5 Å². The molecule has 1 aliphatic heterocycles. The molecule has 0 aromatic carbocycles. The van der Waals surface area contributed by atoms with Crippen molar-refractivity contribution in [3.05, 3.63) is 0 Å². The summed E-state index contributed by atoms with van der Waals surface area (Å²) in [4.78, 5) is 12.9. The van der Waals surface area contributed by atoms with Gasteiger partial charge < -0.3 is 10.4 Å². The van der Waals surface area contributed by atoms with Crippen LogP contribution in [0.2, 0.25) is 0 Å². The molecule has 1 amide bonds. The molecule has 1 atom stereocenters. The molecule has 76 valence electrons. The Bertz CT molecular complexity index is 178. The van der Waals surface area contributed by atoms with E-state index < -0.39 is 0 Å². The molecule has 2 N–H and O–H groups in total. The van der Waals surface area contributed by atoms with Crippen LogP contribution in [0.15, 0.2) is 0 Å². The highest BCUT2D eigenvalue weighted by atomic mass is 35.5. The lowest BCUT2D eigenvalue weighted by Crippen LogP contribution is -2.34. The first-order chi connectivity index (χ1) is 6.22. The predicted octanol–water partition coefficient (Wildman–Crippen LogP) is -0.592. The van der Waals surface area contributed by atoms with Crippen molar-refractivity contribution in [3.8, 4) is 0 Å². The van der Waals surface area contributed by atoms with Crippen molar-refractivity contribution in [1.82, 2.24) is 10.2 Å². The van der Waals surface area contributed by atoms with Gasteiger partial charge in [0.1, 0.15) is 5.88 Å². The smallest absolute Gasteiger partial charge is 0.234 e. The summed E-state index contributed by atoms with van der Waals surface area (Å²) in [6.07, 6.45) is 0.646. The van der Waals surface area contributed by atoms with Crippen molar-refractivity contribution in [3.63, 3.8) is 0 Å². The Morgan fingerprint density at radius 2 is 2.46 bits per heavy atom. The summed E-state index contributed by atoms with van der Waals surface area (Å²) in [5, 5.41) is 11.9. The van der Waals surface area contributed by atoms with Crippen LogP contribution in [0.4, 0.5) is 0 Å². The monoisotopic (exact) mass is 206 g/mol. The van der Waals surface area contributed by atoms with Crippen LogP contribution in [-0.2, 0) is 4.79 Å². The Labute approximate surface area is 82.9 Å². The Kier molecular flexibility index (Phi) is 4.48. The number of rotatable bonds is 4. The second-order valence-corrected chi connectivity index (χ2v) is 3.49. The van der Waals surface area contributed by atoms with Gasteiger partial charge in [0.15, 0.2) is 0 Å². The van der Waals surface area contributed by atoms with Crippen LogP contribution in [0, 0.1) is 0 Å². The maximum absolute atomic E-state index is 10.7. The van der Waals surface area contributed by atoms with Crippen LogP contribution in [0.3, 0.4) is 0 Å². The number of carbonyl (C=O) groups is 1. The molecule has 13 heavy (non-hydrogen) atoms. The molecule has 0 radical (unpaired) electrons. The third kappa shape index (κ3) is 3.93. The molecule has 0 unspecified atom stereocenters. The van der Waals surface area contributed by atoms with Crippen molar-refractivity contribution in [2.45, 2.75) is 12.5 Å². The predicted molar refractivity (Wildman–Crippen MR) is 50.8 cm³/mol. The lowest BCUT2D eigenvalue weighted by molar-refractivity contribution is -0.118. The van der Waals surface area contributed by atoms with Crippen molar-refractivity contribution in [1.29, 1.82) is 0 Å². The van der Waals surface area contributed by atoms with Gasteiger partial charge in [-0.3, -0.25) is 9.69 Å². The average Bonchev–Trinajstić information content (AvgIpc) is 2.51. The minimum atomic E-state index is -0.191. The number of hydrogen-bond donors (Lipinski definition) is 2. The van der Waals surface area contributed by atoms with Crippen LogP contribution >= 0.6 is 11.6 Å². The zero-order chi connectivity index (χ0) is 9.68. The third-order valence-electron chi connectivity index (χ3n) is 2.12. The minimum Gasteiger partial charge on any atom is -0.392 e. The highest BCUT2D eigenvalue weighted by Crippen LogP contribution is 2.06. The van der Waals surface area contributed by atoms with Gasteiger partial charge in [0.05, 0.1) is 6.10 Å². The van der Waals surface area contributed by atoms with Gasteiger partial charge in [0.2, 0.25) is 5.91 Å². The quantitative estimate of drug-likeness (QED) is 0.605. The van der Waals surface area contributed by atoms with Gasteiger partial charge in [-0.2, -0.15) is 0 Å². The number of carbonyl (C=O) groups excluding carboxylic acids is 1. The van der Waals surface area contributed by atoms with Crippen LogP contribution in [0.25, 0.3) is 0 Å². The first-order valence-electron chi connectivity index (χ1n) is 4.45. The molecule has 1 aliphatic rings. The van der Waals surface area contributed by atoms with Crippen LogP contribution in [0.1, 0.15) is 6.42 Å². The van der Waals surface area contributed by atoms with Crippen LogP contribution < -0.4 is 5.32 Å². The summed E-state index contributed by atoms with van der Waals surface area (Å²) in [6.45, 7) is 3.03. The molecule has 0 aliphatic carbocycles. The number of aliphatic hydroxyl groups excluding tert-OH is 1. The molecule has 0 spiro atoms. The van der Waals surface area contributed by atoms with E-state index in [0.717, 1.165) is 26.1 Å². The second kappa shape index (κ2) is 5.42. The molecular weight excluding hydrogens is 192 g/mol. The Balaban J connectivity index is 2.03. The number of aliphatic hydroxyl groups is 1. The Morgan fingerprint density at radius 1 is 1.69 bits per heavy atom. The molecule has 5 heteroatoms. The maximum Gasteiger partial charge on any atom is 0.234 e. The fourth-order valence-corrected chi connectivity index (χ4v) is 1.51. The molecule has 1 rings (SSSR count). The van der Waals surface area contributed by atoms with E-state index in [0.29, 0.717) is 6.54 Å². The van der Waals surface area contributed by atoms with E-state index in [4.69, 9.17) is 11.6 Å². The largest absolute Gasteiger partial charge is 0.392 e. The molecule has 0 saturated carbocycles. The first-order valence-corrected chi connectivity index (χ1v) is 4.99. The molecular formula is C8H15ClN2O2. The summed E-state index contributed by atoms with van der Waals surface area (Å²) in [5.41, 5.74) is 0. The number of likely N-dealkylation sites (tertiary alicyclic amines) is 1. The zero-order valence-electron chi connectivity index (χ0n) is 7.50. The van der Waals surface area contributed by atoms with Crippen LogP contribution in [-0.4, -0.2) is 54.1 Å². The second-order valence-electron chi connectivity index (χ2n) is 3.23. The minimum absolute atomic E-state index is 0.0165. The number of alkyl halides is 1. The number of amides is 1. The third-order valence-corrected chi connectivity index (χ3v) is 2.36. The first kappa shape index (κ1) is 10.8. The van der Waals surface area contributed by atoms with Gasteiger partial charge in [-0.25, -0.2) is 0 Å². The van der Waals surface area contributed by atoms with Gasteiger partial charge in [-0.15, -0.1) is 11.6 Å². The fraction of sp³-hybridized carbons (Fsp3) is 0.875. The van der Waals surface area contributed by atoms with E-state index in [1.165, 1.54) is 0 Å². The highest BCUT2D eigenvalue weighted by Gasteiger charge is 2.19. The summed E-state index contributed by atoms with van der Waals surface area (Å²) in [5.74, 6) is -0.121. The summed E-state index contributed by atoms with van der Waals surface area (Å²) < 4.78 is 0. The van der Waals surface area contributed by atoms with Gasteiger partial charge in [-0.05, 0) is 6.42 Å². The molecule has 1 fully saturated rings. The topological polar surface area (TPSA) is 52.6 Å². The lowest BCUT2D eigenvalue weighted by atomic mass is 10.3. The van der Waals surface area contributed by atoms with E-state index >= 15 is 0 Å². The standard InChI is InChI=1S/C8H15ClN2O2/c9-5-8(13)10-2-4-11-3-1-7(12)6-11/h7,12H,1-6H2,(H,10,13)/t7-/m0/s1. The van der Waals surface area contributed by atoms with Gasteiger partial charge in [-0.1, -0.05) is 0 Å². The Hall–Kier alpha value is -0.320. The molecule has 1 saturated heterocycles. The van der Waals surface area contributed by atoms with E-state index in [2.05, 4.69) is 10.2 Å². The number of nitrogens with one attached hydrogen (secondary N) is 1. The number of nitrogens with zero attached hydrogens (tertiary/aromatic N) is 1. The van der Waals surface area contributed by atoms with Gasteiger partial charge >= 0.3 is 0 Å². The zero-order valence-corrected chi connectivity index (χ0v) is 8.26. The van der Waals surface area contributed by atoms with Crippen LogP contribution in [0.5, 0.6) is 0 Å². The average molecular weight is 207 g/mol. The normalized spacial score (nSPS) is 23.4. The van der Waals surface area contributed by atoms with Crippen molar-refractivity contribution < 1.29 is 9.90 Å². The summed E-state index contributed by atoms with van der Waals surface area (Å²) in [7, 11) is 0. The van der Waals surface area contributed by atoms with E-state index in [-0.39, 0.29) is 17.9 Å². The number of hydrogen-bond acceptors (Lipinski definition) is 3. The van der Waals surface area contributed by atoms with E-state index in [9.17, 15) is 9.90 Å². The molecule has 0 aromatic heterocycles. The fourth-order valence-electron chi connectivity index (χ4n) is 1.42. The highest BCUT2D eigenvalue weighted by molar-refractivity contribution is 6.27. The molecule has 0 aromatic rings. The number of halogens is 1. The van der Waals surface area contributed by atoms with Gasteiger partial charge in [0, 0.05) is 26.2 Å². The maximum atomic E-state index is 10.7. The molecule has 1 heterocycles.